The molecule has 1 amide bonds. The van der Waals surface area contributed by atoms with Crippen molar-refractivity contribution >= 4 is 21.9 Å². The molecule has 1 aromatic heterocycles. The van der Waals surface area contributed by atoms with Crippen LogP contribution in [0.1, 0.15) is 33.6 Å². The maximum atomic E-state index is 12.6. The maximum absolute atomic E-state index is 12.6. The molecule has 0 atom stereocenters. The predicted octanol–water partition coefficient (Wildman–Crippen LogP) is 1.70. The van der Waals surface area contributed by atoms with Gasteiger partial charge in [0.25, 0.3) is 5.91 Å². The summed E-state index contributed by atoms with van der Waals surface area (Å²) in [6.45, 7) is 1.29. The van der Waals surface area contributed by atoms with Gasteiger partial charge in [0.2, 0.25) is 10.0 Å². The van der Waals surface area contributed by atoms with Gasteiger partial charge in [0, 0.05) is 37.6 Å². The molecule has 29 heavy (non-hydrogen) atoms. The zero-order chi connectivity index (χ0) is 20.9. The molecule has 0 saturated carbocycles. The molecule has 1 aliphatic heterocycles. The Balaban J connectivity index is 1.50. The highest BCUT2D eigenvalue weighted by atomic mass is 32.2. The fourth-order valence-corrected chi connectivity index (χ4v) is 4.65. The van der Waals surface area contributed by atoms with Crippen LogP contribution in [-0.4, -0.2) is 56.3 Å². The van der Waals surface area contributed by atoms with E-state index in [1.807, 2.05) is 0 Å². The Kier molecular flexibility index (Phi) is 6.60. The lowest BCUT2D eigenvalue weighted by Crippen LogP contribution is -2.41. The minimum Gasteiger partial charge on any atom is -0.465 e. The molecule has 1 saturated heterocycles. The number of benzene rings is 1. The number of nitrogens with one attached hydrogen (secondary N) is 1. The number of hydrogen-bond acceptors (Lipinski definition) is 6. The van der Waals surface area contributed by atoms with Gasteiger partial charge >= 0.3 is 5.97 Å². The van der Waals surface area contributed by atoms with E-state index in [9.17, 15) is 18.0 Å². The van der Waals surface area contributed by atoms with Crippen molar-refractivity contribution in [1.82, 2.24) is 14.6 Å². The predicted molar refractivity (Wildman–Crippen MR) is 106 cm³/mol. The molecule has 0 aliphatic carbocycles. The summed E-state index contributed by atoms with van der Waals surface area (Å²) < 4.78 is 31.4. The van der Waals surface area contributed by atoms with Crippen LogP contribution in [0.5, 0.6) is 0 Å². The third kappa shape index (κ3) is 4.99. The standard InChI is InChI=1S/C20H23N3O5S/c1-28-20(25)17-6-4-16(5-7-17)19(24)22-13-15-8-11-23(12-9-15)29(26,27)18-3-2-10-21-14-18/h2-7,10,14-15H,8-9,11-13H2,1H3,(H,22,24). The van der Waals surface area contributed by atoms with Crippen molar-refractivity contribution in [3.8, 4) is 0 Å². The fraction of sp³-hybridized carbons (Fsp3) is 0.350. The molecule has 9 heteroatoms. The topological polar surface area (TPSA) is 106 Å². The monoisotopic (exact) mass is 417 g/mol. The lowest BCUT2D eigenvalue weighted by atomic mass is 9.98. The number of nitrogens with zero attached hydrogens (tertiary/aromatic N) is 2. The van der Waals surface area contributed by atoms with Crippen molar-refractivity contribution in [3.05, 3.63) is 59.9 Å². The highest BCUT2D eigenvalue weighted by Crippen LogP contribution is 2.23. The summed E-state index contributed by atoms with van der Waals surface area (Å²) in [6.07, 6.45) is 4.23. The minimum absolute atomic E-state index is 0.196. The van der Waals surface area contributed by atoms with Gasteiger partial charge in [0.15, 0.2) is 0 Å². The van der Waals surface area contributed by atoms with Crippen LogP contribution in [0.2, 0.25) is 0 Å². The van der Waals surface area contributed by atoms with Crippen molar-refractivity contribution in [2.24, 2.45) is 5.92 Å². The van der Waals surface area contributed by atoms with Crippen LogP contribution in [-0.2, 0) is 14.8 Å². The summed E-state index contributed by atoms with van der Waals surface area (Å²) in [7, 11) is -2.23. The highest BCUT2D eigenvalue weighted by molar-refractivity contribution is 7.89. The van der Waals surface area contributed by atoms with Crippen LogP contribution >= 0.6 is 0 Å². The molecule has 0 bridgehead atoms. The van der Waals surface area contributed by atoms with E-state index in [2.05, 4.69) is 15.0 Å². The Morgan fingerprint density at radius 1 is 1.14 bits per heavy atom. The molecule has 8 nitrogen and oxygen atoms in total. The van der Waals surface area contributed by atoms with E-state index in [1.54, 1.807) is 36.4 Å². The van der Waals surface area contributed by atoms with Gasteiger partial charge in [-0.1, -0.05) is 0 Å². The van der Waals surface area contributed by atoms with Crippen LogP contribution in [0.15, 0.2) is 53.7 Å². The highest BCUT2D eigenvalue weighted by Gasteiger charge is 2.29. The van der Waals surface area contributed by atoms with E-state index >= 15 is 0 Å². The number of aromatic nitrogens is 1. The fourth-order valence-electron chi connectivity index (χ4n) is 3.22. The van der Waals surface area contributed by atoms with E-state index in [1.165, 1.54) is 23.8 Å². The first-order valence-corrected chi connectivity index (χ1v) is 10.7. The number of sulfonamides is 1. The molecule has 3 rings (SSSR count). The van der Waals surface area contributed by atoms with Crippen molar-refractivity contribution in [2.45, 2.75) is 17.7 Å². The third-order valence-corrected chi connectivity index (χ3v) is 6.85. The van der Waals surface area contributed by atoms with Crippen molar-refractivity contribution < 1.29 is 22.7 Å². The van der Waals surface area contributed by atoms with Gasteiger partial charge in [-0.15, -0.1) is 0 Å². The van der Waals surface area contributed by atoms with E-state index in [-0.39, 0.29) is 16.7 Å². The molecule has 154 valence electrons. The largest absolute Gasteiger partial charge is 0.465 e. The zero-order valence-corrected chi connectivity index (χ0v) is 16.9. The van der Waals surface area contributed by atoms with Crippen LogP contribution in [0.25, 0.3) is 0 Å². The summed E-state index contributed by atoms with van der Waals surface area (Å²) in [4.78, 5) is 27.8. The van der Waals surface area contributed by atoms with Crippen LogP contribution in [0.3, 0.4) is 0 Å². The minimum atomic E-state index is -3.53. The van der Waals surface area contributed by atoms with Gasteiger partial charge < -0.3 is 10.1 Å². The Morgan fingerprint density at radius 3 is 2.38 bits per heavy atom. The molecule has 0 spiro atoms. The Labute approximate surface area is 169 Å². The SMILES string of the molecule is COC(=O)c1ccc(C(=O)NCC2CCN(S(=O)(=O)c3cccnc3)CC2)cc1. The van der Waals surface area contributed by atoms with E-state index in [0.717, 1.165) is 0 Å². The molecular formula is C20H23N3O5S. The van der Waals surface area contributed by atoms with Gasteiger partial charge in [-0.3, -0.25) is 9.78 Å². The van der Waals surface area contributed by atoms with Gasteiger partial charge in [-0.2, -0.15) is 4.31 Å². The maximum Gasteiger partial charge on any atom is 0.337 e. The van der Waals surface area contributed by atoms with Crippen molar-refractivity contribution in [1.29, 1.82) is 0 Å². The number of pyridine rings is 1. The third-order valence-electron chi connectivity index (χ3n) is 4.97. The smallest absolute Gasteiger partial charge is 0.337 e. The van der Waals surface area contributed by atoms with Crippen LogP contribution < -0.4 is 5.32 Å². The first kappa shape index (κ1) is 20.9. The van der Waals surface area contributed by atoms with Gasteiger partial charge in [-0.05, 0) is 55.2 Å². The molecule has 1 fully saturated rings. The van der Waals surface area contributed by atoms with Gasteiger partial charge in [0.1, 0.15) is 4.90 Å². The lowest BCUT2D eigenvalue weighted by molar-refractivity contribution is 0.0600. The Hall–Kier alpha value is -2.78. The van der Waals surface area contributed by atoms with E-state index in [4.69, 9.17) is 0 Å². The van der Waals surface area contributed by atoms with Gasteiger partial charge in [-0.25, -0.2) is 13.2 Å². The summed E-state index contributed by atoms with van der Waals surface area (Å²) in [6, 6.07) is 9.38. The molecule has 2 aromatic rings. The van der Waals surface area contributed by atoms with Crippen molar-refractivity contribution in [3.63, 3.8) is 0 Å². The zero-order valence-electron chi connectivity index (χ0n) is 16.1. The molecule has 1 N–H and O–H groups in total. The summed E-state index contributed by atoms with van der Waals surface area (Å²) >= 11 is 0. The second kappa shape index (κ2) is 9.15. The Morgan fingerprint density at radius 2 is 1.79 bits per heavy atom. The number of piperidine rings is 1. The second-order valence-corrected chi connectivity index (χ2v) is 8.75. The summed E-state index contributed by atoms with van der Waals surface area (Å²) in [5, 5.41) is 2.88. The summed E-state index contributed by atoms with van der Waals surface area (Å²) in [5.41, 5.74) is 0.834. The number of esters is 1. The molecule has 2 heterocycles. The number of rotatable bonds is 6. The number of carbonyl (C=O) groups is 2. The first-order chi connectivity index (χ1) is 13.9. The molecule has 1 aromatic carbocycles. The van der Waals surface area contributed by atoms with Gasteiger partial charge in [0.05, 0.1) is 12.7 Å². The average Bonchev–Trinajstić information content (AvgIpc) is 2.78. The van der Waals surface area contributed by atoms with E-state index < -0.39 is 16.0 Å². The molecule has 0 unspecified atom stereocenters. The number of methoxy groups -OCH3 is 1. The molecule has 1 aliphatic rings. The number of amides is 1. The number of ether oxygens (including phenoxy) is 1. The average molecular weight is 417 g/mol. The second-order valence-electron chi connectivity index (χ2n) is 6.82. The van der Waals surface area contributed by atoms with E-state index in [0.29, 0.717) is 43.6 Å². The number of hydrogen-bond donors (Lipinski definition) is 1. The molecular weight excluding hydrogens is 394 g/mol. The van der Waals surface area contributed by atoms with Crippen LogP contribution in [0.4, 0.5) is 0 Å². The van der Waals surface area contributed by atoms with Crippen LogP contribution in [0, 0.1) is 5.92 Å². The molecule has 0 radical (unpaired) electrons. The van der Waals surface area contributed by atoms with Crippen molar-refractivity contribution in [2.75, 3.05) is 26.7 Å². The first-order valence-electron chi connectivity index (χ1n) is 9.28. The quantitative estimate of drug-likeness (QED) is 0.717. The normalized spacial score (nSPS) is 15.6. The number of carbonyl (C=O) groups excluding carboxylic acids is 2. The summed E-state index contributed by atoms with van der Waals surface area (Å²) in [5.74, 6) is -0.481. The lowest BCUT2D eigenvalue weighted by Gasteiger charge is -2.31. The Bertz CT molecular complexity index is 953.